The van der Waals surface area contributed by atoms with Gasteiger partial charge in [0.25, 0.3) is 0 Å². The molecule has 10 heteroatoms. The Morgan fingerprint density at radius 3 is 2.43 bits per heavy atom. The van der Waals surface area contributed by atoms with E-state index >= 15 is 0 Å². The second-order valence-corrected chi connectivity index (χ2v) is 6.75. The summed E-state index contributed by atoms with van der Waals surface area (Å²) < 4.78 is 55.2. The summed E-state index contributed by atoms with van der Waals surface area (Å²) in [6.45, 7) is 0.852. The lowest BCUT2D eigenvalue weighted by Gasteiger charge is -2.20. The highest BCUT2D eigenvalue weighted by Crippen LogP contribution is 2.40. The molecule has 2 aromatic rings. The van der Waals surface area contributed by atoms with Gasteiger partial charge in [-0.1, -0.05) is 12.1 Å². The van der Waals surface area contributed by atoms with Gasteiger partial charge in [0.2, 0.25) is 5.91 Å². The van der Waals surface area contributed by atoms with Crippen LogP contribution in [0.3, 0.4) is 0 Å². The van der Waals surface area contributed by atoms with Gasteiger partial charge in [-0.2, -0.15) is 13.2 Å². The van der Waals surface area contributed by atoms with Crippen molar-refractivity contribution in [2.75, 3.05) is 20.3 Å². The molecule has 1 amide bonds. The molecule has 0 radical (unpaired) electrons. The first-order chi connectivity index (χ1) is 13.7. The largest absolute Gasteiger partial charge is 0.497 e. The Labute approximate surface area is 177 Å². The third kappa shape index (κ3) is 5.56. The maximum Gasteiger partial charge on any atom is 0.420 e. The van der Waals surface area contributed by atoms with E-state index < -0.39 is 17.3 Å². The molecule has 164 valence electrons. The van der Waals surface area contributed by atoms with Crippen molar-refractivity contribution in [2.45, 2.75) is 24.7 Å². The van der Waals surface area contributed by atoms with Crippen LogP contribution in [0.5, 0.6) is 17.2 Å². The van der Waals surface area contributed by atoms with E-state index in [9.17, 15) is 18.0 Å². The average Bonchev–Trinajstić information content (AvgIpc) is 3.14. The van der Waals surface area contributed by atoms with Crippen molar-refractivity contribution in [3.05, 3.63) is 53.6 Å². The smallest absolute Gasteiger partial charge is 0.420 e. The number of ether oxygens (including phenoxy) is 3. The van der Waals surface area contributed by atoms with Crippen LogP contribution in [0, 0.1) is 0 Å². The van der Waals surface area contributed by atoms with Gasteiger partial charge >= 0.3 is 6.18 Å². The number of hydrogen-bond acceptors (Lipinski definition) is 5. The minimum absolute atomic E-state index is 0. The molecule has 1 saturated heterocycles. The van der Waals surface area contributed by atoms with Crippen molar-refractivity contribution in [1.82, 2.24) is 5.32 Å². The number of amides is 1. The van der Waals surface area contributed by atoms with Crippen molar-refractivity contribution in [3.63, 3.8) is 0 Å². The van der Waals surface area contributed by atoms with Gasteiger partial charge in [-0.3, -0.25) is 4.79 Å². The first-order valence-electron chi connectivity index (χ1n) is 8.88. The Morgan fingerprint density at radius 2 is 1.87 bits per heavy atom. The van der Waals surface area contributed by atoms with Crippen molar-refractivity contribution in [3.8, 4) is 17.2 Å². The molecule has 3 rings (SSSR count). The molecule has 6 nitrogen and oxygen atoms in total. The number of hydrogen-bond donors (Lipinski definition) is 2. The first-order valence-corrected chi connectivity index (χ1v) is 8.88. The van der Waals surface area contributed by atoms with Crippen LogP contribution in [0.2, 0.25) is 0 Å². The fourth-order valence-electron chi connectivity index (χ4n) is 2.87. The summed E-state index contributed by atoms with van der Waals surface area (Å²) in [4.78, 5) is 12.2. The molecule has 0 aliphatic carbocycles. The Kier molecular flexibility index (Phi) is 7.57. The molecular formula is C20H22ClF3N2O4. The van der Waals surface area contributed by atoms with Crippen molar-refractivity contribution in [1.29, 1.82) is 0 Å². The molecule has 0 saturated carbocycles. The highest BCUT2D eigenvalue weighted by molar-refractivity contribution is 5.86. The maximum atomic E-state index is 13.3. The van der Waals surface area contributed by atoms with Crippen LogP contribution in [0.4, 0.5) is 13.2 Å². The molecule has 1 unspecified atom stereocenters. The molecule has 0 spiro atoms. The lowest BCUT2D eigenvalue weighted by atomic mass is 9.99. The second-order valence-electron chi connectivity index (χ2n) is 6.75. The summed E-state index contributed by atoms with van der Waals surface area (Å²) in [5.41, 5.74) is 4.79. The summed E-state index contributed by atoms with van der Waals surface area (Å²) in [5, 5.41) is 2.74. The first kappa shape index (κ1) is 23.8. The average molecular weight is 447 g/mol. The van der Waals surface area contributed by atoms with E-state index in [-0.39, 0.29) is 48.7 Å². The topological polar surface area (TPSA) is 82.8 Å². The van der Waals surface area contributed by atoms with Gasteiger partial charge in [0, 0.05) is 13.2 Å². The molecule has 1 aliphatic rings. The van der Waals surface area contributed by atoms with E-state index in [1.807, 2.05) is 0 Å². The molecular weight excluding hydrogens is 425 g/mol. The predicted octanol–water partition coefficient (Wildman–Crippen LogP) is 3.66. The van der Waals surface area contributed by atoms with Crippen molar-refractivity contribution < 1.29 is 32.2 Å². The fraction of sp³-hybridized carbons (Fsp3) is 0.350. The molecule has 2 aromatic carbocycles. The molecule has 1 atom stereocenters. The van der Waals surface area contributed by atoms with E-state index in [2.05, 4.69) is 5.32 Å². The Morgan fingerprint density at radius 1 is 1.20 bits per heavy atom. The number of alkyl halides is 3. The molecule has 1 aliphatic heterocycles. The van der Waals surface area contributed by atoms with Crippen molar-refractivity contribution >= 4 is 18.3 Å². The van der Waals surface area contributed by atoms with Crippen LogP contribution in [-0.2, 0) is 22.3 Å². The van der Waals surface area contributed by atoms with Crippen LogP contribution >= 0.6 is 12.4 Å². The number of carbonyl (C=O) groups excluding carboxylic acids is 1. The predicted molar refractivity (Wildman–Crippen MR) is 106 cm³/mol. The summed E-state index contributed by atoms with van der Waals surface area (Å²) in [6.07, 6.45) is -4.13. The Bertz CT molecular complexity index is 869. The third-order valence-corrected chi connectivity index (χ3v) is 4.60. The lowest BCUT2D eigenvalue weighted by Crippen LogP contribution is -2.54. The normalized spacial score (nSPS) is 18.4. The zero-order valence-electron chi connectivity index (χ0n) is 16.1. The number of methoxy groups -OCH3 is 1. The zero-order chi connectivity index (χ0) is 21.1. The molecule has 1 fully saturated rings. The monoisotopic (exact) mass is 446 g/mol. The van der Waals surface area contributed by atoms with Crippen LogP contribution in [0.25, 0.3) is 0 Å². The minimum atomic E-state index is -4.59. The van der Waals surface area contributed by atoms with Crippen LogP contribution in [0.1, 0.15) is 17.5 Å². The summed E-state index contributed by atoms with van der Waals surface area (Å²) in [7, 11) is 1.29. The van der Waals surface area contributed by atoms with E-state index in [1.165, 1.54) is 31.4 Å². The summed E-state index contributed by atoms with van der Waals surface area (Å²) >= 11 is 0. The molecule has 30 heavy (non-hydrogen) atoms. The van der Waals surface area contributed by atoms with E-state index in [1.54, 1.807) is 12.1 Å². The highest BCUT2D eigenvalue weighted by atomic mass is 35.5. The standard InChI is InChI=1S/C20H21F3N2O4.ClH/c1-27-15-6-7-17(16(10-15)20(21,22)23)29-14-4-2-13(3-5-14)11-25-18(26)19(24)8-9-28-12-19;/h2-7,10H,8-9,11-12,24H2,1H3,(H,25,26);1H. The van der Waals surface area contributed by atoms with Gasteiger partial charge in [-0.05, 0) is 42.3 Å². The lowest BCUT2D eigenvalue weighted by molar-refractivity contribution is -0.138. The number of nitrogens with two attached hydrogens (primary N) is 1. The quantitative estimate of drug-likeness (QED) is 0.707. The number of benzene rings is 2. The van der Waals surface area contributed by atoms with E-state index in [0.717, 1.165) is 11.6 Å². The second kappa shape index (κ2) is 9.55. The van der Waals surface area contributed by atoms with Crippen LogP contribution < -0.4 is 20.5 Å². The van der Waals surface area contributed by atoms with Gasteiger partial charge in [-0.15, -0.1) is 12.4 Å². The number of nitrogens with one attached hydrogen (secondary N) is 1. The van der Waals surface area contributed by atoms with Crippen molar-refractivity contribution in [2.24, 2.45) is 5.73 Å². The van der Waals surface area contributed by atoms with Gasteiger partial charge in [0.05, 0.1) is 13.7 Å². The number of halogens is 4. The van der Waals surface area contributed by atoms with Gasteiger partial charge < -0.3 is 25.3 Å². The summed E-state index contributed by atoms with van der Waals surface area (Å²) in [6, 6.07) is 9.85. The van der Waals surface area contributed by atoms with Crippen LogP contribution in [0.15, 0.2) is 42.5 Å². The summed E-state index contributed by atoms with van der Waals surface area (Å²) in [5.74, 6) is -0.314. The van der Waals surface area contributed by atoms with Gasteiger partial charge in [0.1, 0.15) is 28.4 Å². The van der Waals surface area contributed by atoms with E-state index in [4.69, 9.17) is 19.9 Å². The Balaban J connectivity index is 0.00000320. The van der Waals surface area contributed by atoms with Crippen LogP contribution in [-0.4, -0.2) is 31.8 Å². The van der Waals surface area contributed by atoms with Gasteiger partial charge in [0.15, 0.2) is 0 Å². The highest BCUT2D eigenvalue weighted by Gasteiger charge is 2.38. The molecule has 3 N–H and O–H groups in total. The van der Waals surface area contributed by atoms with E-state index in [0.29, 0.717) is 13.0 Å². The molecule has 0 bridgehead atoms. The number of rotatable bonds is 6. The third-order valence-electron chi connectivity index (χ3n) is 4.60. The molecule has 1 heterocycles. The zero-order valence-corrected chi connectivity index (χ0v) is 16.9. The van der Waals surface area contributed by atoms with Gasteiger partial charge in [-0.25, -0.2) is 0 Å². The Hall–Kier alpha value is -2.49. The maximum absolute atomic E-state index is 13.3. The fourth-order valence-corrected chi connectivity index (χ4v) is 2.87. The number of carbonyl (C=O) groups is 1. The minimum Gasteiger partial charge on any atom is -0.497 e. The SMILES string of the molecule is COc1ccc(Oc2ccc(CNC(=O)C3(N)CCOC3)cc2)c(C(F)(F)F)c1.Cl. The molecule has 0 aromatic heterocycles.